The van der Waals surface area contributed by atoms with E-state index in [1.54, 1.807) is 12.1 Å². The van der Waals surface area contributed by atoms with Gasteiger partial charge in [-0.05, 0) is 49.4 Å². The lowest BCUT2D eigenvalue weighted by atomic mass is 9.79. The Balaban J connectivity index is 1.51. The summed E-state index contributed by atoms with van der Waals surface area (Å²) in [6.07, 6.45) is -0.188. The lowest BCUT2D eigenvalue weighted by Crippen LogP contribution is -2.38. The quantitative estimate of drug-likeness (QED) is 0.856. The molecule has 2 N–H and O–H groups in total. The van der Waals surface area contributed by atoms with Crippen LogP contribution < -0.4 is 0 Å². The number of likely N-dealkylation sites (tertiary alicyclic amines) is 1. The van der Waals surface area contributed by atoms with Gasteiger partial charge in [0.15, 0.2) is 0 Å². The number of aliphatic hydroxyl groups is 2. The molecule has 1 amide bonds. The van der Waals surface area contributed by atoms with Crippen molar-refractivity contribution in [2.24, 2.45) is 11.8 Å². The van der Waals surface area contributed by atoms with Gasteiger partial charge in [0.1, 0.15) is 5.82 Å². The summed E-state index contributed by atoms with van der Waals surface area (Å²) in [5, 5.41) is 19.6. The molecule has 0 bridgehead atoms. The molecular formula is C18H25FN2O3. The third kappa shape index (κ3) is 3.94. The van der Waals surface area contributed by atoms with Gasteiger partial charge in [-0.2, -0.15) is 0 Å². The van der Waals surface area contributed by atoms with Gasteiger partial charge in [-0.1, -0.05) is 12.1 Å². The van der Waals surface area contributed by atoms with Crippen molar-refractivity contribution < 1.29 is 19.4 Å². The van der Waals surface area contributed by atoms with Crippen molar-refractivity contribution in [1.29, 1.82) is 0 Å². The van der Waals surface area contributed by atoms with Gasteiger partial charge < -0.3 is 15.1 Å². The average Bonchev–Trinajstić information content (AvgIpc) is 2.93. The van der Waals surface area contributed by atoms with Crippen LogP contribution in [0.2, 0.25) is 0 Å². The second kappa shape index (κ2) is 7.17. The third-order valence-corrected chi connectivity index (χ3v) is 5.23. The summed E-state index contributed by atoms with van der Waals surface area (Å²) in [4.78, 5) is 16.3. The number of nitrogens with zero attached hydrogens (tertiary/aromatic N) is 2. The van der Waals surface area contributed by atoms with Crippen LogP contribution in [0.1, 0.15) is 18.4 Å². The number of benzene rings is 1. The predicted octanol–water partition coefficient (Wildman–Crippen LogP) is 0.848. The number of halogens is 1. The second-order valence-corrected chi connectivity index (χ2v) is 7.22. The highest BCUT2D eigenvalue weighted by Gasteiger charge is 2.42. The molecule has 2 aliphatic rings. The lowest BCUT2D eigenvalue weighted by Gasteiger charge is -2.31. The van der Waals surface area contributed by atoms with Crippen molar-refractivity contribution in [2.45, 2.75) is 31.6 Å². The van der Waals surface area contributed by atoms with Gasteiger partial charge >= 0.3 is 0 Å². The number of carbonyl (C=O) groups is 1. The first-order valence-electron chi connectivity index (χ1n) is 8.49. The van der Waals surface area contributed by atoms with Crippen LogP contribution >= 0.6 is 0 Å². The molecule has 3 rings (SSSR count). The Bertz CT molecular complexity index is 562. The SMILES string of the molecule is CN(CC(=O)N1C[C@H]2C[C@H](O)[C@@H](O)C[C@H]2C1)Cc1ccc(F)cc1. The molecule has 2 fully saturated rings. The normalized spacial score (nSPS) is 29.8. The van der Waals surface area contributed by atoms with Crippen molar-refractivity contribution in [3.8, 4) is 0 Å². The van der Waals surface area contributed by atoms with Crippen LogP contribution in [0.25, 0.3) is 0 Å². The first-order chi connectivity index (χ1) is 11.4. The Morgan fingerprint density at radius 2 is 1.71 bits per heavy atom. The maximum absolute atomic E-state index is 12.9. The molecule has 1 saturated carbocycles. The molecular weight excluding hydrogens is 311 g/mol. The zero-order valence-electron chi connectivity index (χ0n) is 13.9. The molecule has 1 aromatic carbocycles. The molecule has 132 valence electrons. The Labute approximate surface area is 141 Å². The third-order valence-electron chi connectivity index (χ3n) is 5.23. The Hall–Kier alpha value is -1.50. The Morgan fingerprint density at radius 3 is 2.25 bits per heavy atom. The van der Waals surface area contributed by atoms with E-state index in [4.69, 9.17) is 0 Å². The number of aliphatic hydroxyl groups excluding tert-OH is 2. The standard InChI is InChI=1S/C18H25FN2O3/c1-20(8-12-2-4-15(19)5-3-12)11-18(24)21-9-13-6-16(22)17(23)7-14(13)10-21/h2-5,13-14,16-17,22-23H,6-11H2,1H3/t13-,14+,16-,17-/m0/s1. The van der Waals surface area contributed by atoms with E-state index in [-0.39, 0.29) is 23.6 Å². The van der Waals surface area contributed by atoms with Crippen molar-refractivity contribution in [3.05, 3.63) is 35.6 Å². The van der Waals surface area contributed by atoms with Crippen molar-refractivity contribution in [3.63, 3.8) is 0 Å². The van der Waals surface area contributed by atoms with Crippen LogP contribution in [-0.4, -0.2) is 64.8 Å². The van der Waals surface area contributed by atoms with Crippen molar-refractivity contribution in [1.82, 2.24) is 9.80 Å². The van der Waals surface area contributed by atoms with Gasteiger partial charge in [0.25, 0.3) is 0 Å². The van der Waals surface area contributed by atoms with E-state index < -0.39 is 12.2 Å². The van der Waals surface area contributed by atoms with Crippen molar-refractivity contribution in [2.75, 3.05) is 26.7 Å². The minimum absolute atomic E-state index is 0.0676. The summed E-state index contributed by atoms with van der Waals surface area (Å²) in [5.41, 5.74) is 0.966. The van der Waals surface area contributed by atoms with E-state index in [1.807, 2.05) is 16.8 Å². The van der Waals surface area contributed by atoms with Gasteiger partial charge in [0, 0.05) is 19.6 Å². The number of hydrogen-bond acceptors (Lipinski definition) is 4. The monoisotopic (exact) mass is 336 g/mol. The number of fused-ring (bicyclic) bond motifs is 1. The smallest absolute Gasteiger partial charge is 0.236 e. The van der Waals surface area contributed by atoms with Gasteiger partial charge in [-0.25, -0.2) is 4.39 Å². The van der Waals surface area contributed by atoms with Crippen molar-refractivity contribution >= 4 is 5.91 Å². The first kappa shape index (κ1) is 17.3. The first-order valence-corrected chi connectivity index (χ1v) is 8.49. The molecule has 1 saturated heterocycles. The molecule has 0 spiro atoms. The molecule has 5 nitrogen and oxygen atoms in total. The van der Waals surface area contributed by atoms with Gasteiger partial charge in [0.05, 0.1) is 18.8 Å². The number of amides is 1. The van der Waals surface area contributed by atoms with Crippen LogP contribution in [-0.2, 0) is 11.3 Å². The molecule has 0 radical (unpaired) electrons. The molecule has 4 atom stereocenters. The van der Waals surface area contributed by atoms with Crippen LogP contribution in [0.4, 0.5) is 4.39 Å². The van der Waals surface area contributed by atoms with E-state index in [2.05, 4.69) is 0 Å². The molecule has 1 aromatic rings. The zero-order valence-corrected chi connectivity index (χ0v) is 13.9. The highest BCUT2D eigenvalue weighted by Crippen LogP contribution is 2.36. The fourth-order valence-electron chi connectivity index (χ4n) is 3.90. The molecule has 0 unspecified atom stereocenters. The minimum atomic E-state index is -0.664. The zero-order chi connectivity index (χ0) is 17.3. The lowest BCUT2D eigenvalue weighted by molar-refractivity contribution is -0.131. The van der Waals surface area contributed by atoms with Gasteiger partial charge in [-0.3, -0.25) is 9.69 Å². The summed E-state index contributed by atoms with van der Waals surface area (Å²) in [6, 6.07) is 6.30. The summed E-state index contributed by atoms with van der Waals surface area (Å²) in [7, 11) is 1.87. The summed E-state index contributed by atoms with van der Waals surface area (Å²) < 4.78 is 12.9. The average molecular weight is 336 g/mol. The molecule has 1 aliphatic carbocycles. The number of hydrogen-bond donors (Lipinski definition) is 2. The number of rotatable bonds is 4. The molecule has 1 heterocycles. The van der Waals surface area contributed by atoms with E-state index in [1.165, 1.54) is 12.1 Å². The predicted molar refractivity (Wildman–Crippen MR) is 87.5 cm³/mol. The molecule has 24 heavy (non-hydrogen) atoms. The Kier molecular flexibility index (Phi) is 5.18. The molecule has 1 aliphatic heterocycles. The number of likely N-dealkylation sites (N-methyl/N-ethyl adjacent to an activating group) is 1. The van der Waals surface area contributed by atoms with E-state index in [0.717, 1.165) is 5.56 Å². The fraction of sp³-hybridized carbons (Fsp3) is 0.611. The van der Waals surface area contributed by atoms with Gasteiger partial charge in [-0.15, -0.1) is 0 Å². The van der Waals surface area contributed by atoms with E-state index in [0.29, 0.717) is 39.0 Å². The van der Waals surface area contributed by atoms with Crippen LogP contribution in [0, 0.1) is 17.7 Å². The van der Waals surface area contributed by atoms with Crippen LogP contribution in [0.15, 0.2) is 24.3 Å². The summed E-state index contributed by atoms with van der Waals surface area (Å²) >= 11 is 0. The highest BCUT2D eigenvalue weighted by molar-refractivity contribution is 5.78. The fourth-order valence-corrected chi connectivity index (χ4v) is 3.90. The highest BCUT2D eigenvalue weighted by atomic mass is 19.1. The minimum Gasteiger partial charge on any atom is -0.390 e. The number of carbonyl (C=O) groups excluding carboxylic acids is 1. The Morgan fingerprint density at radius 1 is 1.17 bits per heavy atom. The molecule has 0 aromatic heterocycles. The van der Waals surface area contributed by atoms with E-state index in [9.17, 15) is 19.4 Å². The largest absolute Gasteiger partial charge is 0.390 e. The van der Waals surface area contributed by atoms with E-state index >= 15 is 0 Å². The maximum Gasteiger partial charge on any atom is 0.236 e. The summed E-state index contributed by atoms with van der Waals surface area (Å²) in [6.45, 7) is 2.22. The second-order valence-electron chi connectivity index (χ2n) is 7.22. The topological polar surface area (TPSA) is 64.0 Å². The van der Waals surface area contributed by atoms with Crippen LogP contribution in [0.5, 0.6) is 0 Å². The van der Waals surface area contributed by atoms with Crippen LogP contribution in [0.3, 0.4) is 0 Å². The maximum atomic E-state index is 12.9. The van der Waals surface area contributed by atoms with Gasteiger partial charge in [0.2, 0.25) is 5.91 Å². The summed E-state index contributed by atoms with van der Waals surface area (Å²) in [5.74, 6) is 0.379. The molecule has 6 heteroatoms.